The van der Waals surface area contributed by atoms with Gasteiger partial charge in [0.05, 0.1) is 11.9 Å². The normalized spacial score (nSPS) is 10.6. The Morgan fingerprint density at radius 3 is 2.80 bits per heavy atom. The lowest BCUT2D eigenvalue weighted by molar-refractivity contribution is 0.453. The summed E-state index contributed by atoms with van der Waals surface area (Å²) in [5.74, 6) is 1.36. The number of ether oxygens (including phenoxy) is 1. The van der Waals surface area contributed by atoms with E-state index >= 15 is 0 Å². The van der Waals surface area contributed by atoms with Crippen molar-refractivity contribution in [1.29, 1.82) is 0 Å². The monoisotopic (exact) mass is 271 g/mol. The predicted molar refractivity (Wildman–Crippen MR) is 80.0 cm³/mol. The SMILES string of the molecule is CCCNCc1cncc(Oc2ccc(C)cc2C)n1. The van der Waals surface area contributed by atoms with Gasteiger partial charge in [-0.25, -0.2) is 4.98 Å². The Kier molecular flexibility index (Phi) is 5.07. The van der Waals surface area contributed by atoms with Crippen LogP contribution in [-0.4, -0.2) is 16.5 Å². The second kappa shape index (κ2) is 7.01. The first kappa shape index (κ1) is 14.5. The first-order valence-electron chi connectivity index (χ1n) is 6.96. The Morgan fingerprint density at radius 1 is 1.20 bits per heavy atom. The third kappa shape index (κ3) is 4.03. The molecule has 0 aliphatic carbocycles. The number of aromatic nitrogens is 2. The summed E-state index contributed by atoms with van der Waals surface area (Å²) in [4.78, 5) is 8.64. The van der Waals surface area contributed by atoms with E-state index in [1.807, 2.05) is 19.1 Å². The Morgan fingerprint density at radius 2 is 2.05 bits per heavy atom. The molecule has 106 valence electrons. The molecule has 20 heavy (non-hydrogen) atoms. The molecule has 2 rings (SSSR count). The fraction of sp³-hybridized carbons (Fsp3) is 0.375. The molecule has 0 amide bonds. The molecule has 1 aromatic heterocycles. The van der Waals surface area contributed by atoms with Gasteiger partial charge in [0.1, 0.15) is 5.75 Å². The van der Waals surface area contributed by atoms with E-state index in [9.17, 15) is 0 Å². The molecule has 0 saturated carbocycles. The van der Waals surface area contributed by atoms with Crippen LogP contribution in [0, 0.1) is 13.8 Å². The largest absolute Gasteiger partial charge is 0.437 e. The van der Waals surface area contributed by atoms with Crippen molar-refractivity contribution in [1.82, 2.24) is 15.3 Å². The number of nitrogens with one attached hydrogen (secondary N) is 1. The molecule has 0 aliphatic heterocycles. The summed E-state index contributed by atoms with van der Waals surface area (Å²) >= 11 is 0. The van der Waals surface area contributed by atoms with Gasteiger partial charge in [0.2, 0.25) is 5.88 Å². The van der Waals surface area contributed by atoms with E-state index in [1.165, 1.54) is 5.56 Å². The van der Waals surface area contributed by atoms with Gasteiger partial charge in [-0.1, -0.05) is 24.6 Å². The average molecular weight is 271 g/mol. The molecule has 1 N–H and O–H groups in total. The van der Waals surface area contributed by atoms with Crippen LogP contribution in [-0.2, 0) is 6.54 Å². The highest BCUT2D eigenvalue weighted by molar-refractivity contribution is 5.37. The minimum atomic E-state index is 0.535. The fourth-order valence-corrected chi connectivity index (χ4v) is 1.94. The smallest absolute Gasteiger partial charge is 0.238 e. The van der Waals surface area contributed by atoms with Gasteiger partial charge in [0.15, 0.2) is 0 Å². The minimum Gasteiger partial charge on any atom is -0.437 e. The molecular weight excluding hydrogens is 250 g/mol. The molecule has 0 saturated heterocycles. The molecule has 4 heteroatoms. The van der Waals surface area contributed by atoms with Crippen molar-refractivity contribution in [3.05, 3.63) is 47.4 Å². The van der Waals surface area contributed by atoms with Gasteiger partial charge in [0, 0.05) is 12.7 Å². The highest BCUT2D eigenvalue weighted by atomic mass is 16.5. The van der Waals surface area contributed by atoms with Gasteiger partial charge >= 0.3 is 0 Å². The van der Waals surface area contributed by atoms with Crippen molar-refractivity contribution < 1.29 is 4.74 Å². The van der Waals surface area contributed by atoms with Crippen LogP contribution < -0.4 is 10.1 Å². The average Bonchev–Trinajstić information content (AvgIpc) is 2.43. The van der Waals surface area contributed by atoms with Crippen LogP contribution in [0.25, 0.3) is 0 Å². The van der Waals surface area contributed by atoms with Gasteiger partial charge in [-0.15, -0.1) is 0 Å². The number of hydrogen-bond donors (Lipinski definition) is 1. The van der Waals surface area contributed by atoms with Gasteiger partial charge in [-0.3, -0.25) is 4.98 Å². The van der Waals surface area contributed by atoms with E-state index in [4.69, 9.17) is 4.74 Å². The van der Waals surface area contributed by atoms with E-state index in [1.54, 1.807) is 12.4 Å². The summed E-state index contributed by atoms with van der Waals surface area (Å²) in [6.45, 7) is 7.92. The molecule has 4 nitrogen and oxygen atoms in total. The summed E-state index contributed by atoms with van der Waals surface area (Å²) in [6, 6.07) is 6.09. The number of rotatable bonds is 6. The summed E-state index contributed by atoms with van der Waals surface area (Å²) in [5, 5.41) is 3.30. The molecule has 0 fully saturated rings. The topological polar surface area (TPSA) is 47.0 Å². The molecule has 1 aromatic carbocycles. The van der Waals surface area contributed by atoms with E-state index in [2.05, 4.69) is 35.2 Å². The van der Waals surface area contributed by atoms with Crippen LogP contribution >= 0.6 is 0 Å². The van der Waals surface area contributed by atoms with Crippen molar-refractivity contribution in [2.24, 2.45) is 0 Å². The molecule has 0 bridgehead atoms. The maximum atomic E-state index is 5.81. The van der Waals surface area contributed by atoms with Crippen molar-refractivity contribution in [2.75, 3.05) is 6.54 Å². The number of aryl methyl sites for hydroxylation is 2. The zero-order chi connectivity index (χ0) is 14.4. The first-order valence-corrected chi connectivity index (χ1v) is 6.96. The molecule has 0 radical (unpaired) electrons. The van der Waals surface area contributed by atoms with Crippen molar-refractivity contribution in [3.63, 3.8) is 0 Å². The van der Waals surface area contributed by atoms with Crippen LogP contribution in [0.3, 0.4) is 0 Å². The third-order valence-corrected chi connectivity index (χ3v) is 2.94. The second-order valence-corrected chi connectivity index (χ2v) is 4.90. The zero-order valence-corrected chi connectivity index (χ0v) is 12.3. The molecule has 0 spiro atoms. The Labute approximate surface area is 120 Å². The zero-order valence-electron chi connectivity index (χ0n) is 12.3. The Balaban J connectivity index is 2.07. The van der Waals surface area contributed by atoms with Crippen LogP contribution in [0.2, 0.25) is 0 Å². The summed E-state index contributed by atoms with van der Waals surface area (Å²) < 4.78 is 5.81. The van der Waals surface area contributed by atoms with Crippen molar-refractivity contribution in [2.45, 2.75) is 33.7 Å². The molecular formula is C16H21N3O. The lowest BCUT2D eigenvalue weighted by atomic mass is 10.1. The van der Waals surface area contributed by atoms with Gasteiger partial charge in [-0.2, -0.15) is 0 Å². The molecule has 2 aromatic rings. The summed E-state index contributed by atoms with van der Waals surface area (Å²) in [7, 11) is 0. The van der Waals surface area contributed by atoms with Crippen molar-refractivity contribution in [3.8, 4) is 11.6 Å². The Bertz CT molecular complexity index is 569. The predicted octanol–water partition coefficient (Wildman–Crippen LogP) is 3.39. The number of benzene rings is 1. The lowest BCUT2D eigenvalue weighted by Crippen LogP contribution is -2.15. The highest BCUT2D eigenvalue weighted by Gasteiger charge is 2.04. The maximum absolute atomic E-state index is 5.81. The lowest BCUT2D eigenvalue weighted by Gasteiger charge is -2.09. The first-order chi connectivity index (χ1) is 9.69. The van der Waals surface area contributed by atoms with Crippen LogP contribution in [0.1, 0.15) is 30.2 Å². The highest BCUT2D eigenvalue weighted by Crippen LogP contribution is 2.23. The molecule has 1 heterocycles. The number of nitrogens with zero attached hydrogens (tertiary/aromatic N) is 2. The van der Waals surface area contributed by atoms with Crippen LogP contribution in [0.5, 0.6) is 11.6 Å². The van der Waals surface area contributed by atoms with E-state index < -0.39 is 0 Å². The second-order valence-electron chi connectivity index (χ2n) is 4.90. The summed E-state index contributed by atoms with van der Waals surface area (Å²) in [5.41, 5.74) is 3.21. The molecule has 0 atom stereocenters. The maximum Gasteiger partial charge on any atom is 0.238 e. The van der Waals surface area contributed by atoms with Crippen LogP contribution in [0.4, 0.5) is 0 Å². The van der Waals surface area contributed by atoms with Crippen molar-refractivity contribution >= 4 is 0 Å². The fourth-order valence-electron chi connectivity index (χ4n) is 1.94. The van der Waals surface area contributed by atoms with Gasteiger partial charge in [-0.05, 0) is 38.4 Å². The molecule has 0 unspecified atom stereocenters. The Hall–Kier alpha value is -1.94. The molecule has 0 aliphatic rings. The van der Waals surface area contributed by atoms with Crippen LogP contribution in [0.15, 0.2) is 30.6 Å². The van der Waals surface area contributed by atoms with E-state index in [0.29, 0.717) is 12.4 Å². The van der Waals surface area contributed by atoms with E-state index in [0.717, 1.165) is 30.0 Å². The van der Waals surface area contributed by atoms with Gasteiger partial charge < -0.3 is 10.1 Å². The van der Waals surface area contributed by atoms with Gasteiger partial charge in [0.25, 0.3) is 0 Å². The third-order valence-electron chi connectivity index (χ3n) is 2.94. The van der Waals surface area contributed by atoms with E-state index in [-0.39, 0.29) is 0 Å². The quantitative estimate of drug-likeness (QED) is 0.818. The minimum absolute atomic E-state index is 0.535. The number of hydrogen-bond acceptors (Lipinski definition) is 4. The standard InChI is InChI=1S/C16H21N3O/c1-4-7-17-9-14-10-18-11-16(19-14)20-15-6-5-12(2)8-13(15)3/h5-6,8,10-11,17H,4,7,9H2,1-3H3. The summed E-state index contributed by atoms with van der Waals surface area (Å²) in [6.07, 6.45) is 4.51.